The first-order chi connectivity index (χ1) is 15.1. The molecule has 0 N–H and O–H groups in total. The van der Waals surface area contributed by atoms with Gasteiger partial charge >= 0.3 is 0 Å². The fraction of sp³-hybridized carbons (Fsp3) is 0.100. The second-order valence-electron chi connectivity index (χ2n) is 8.33. The van der Waals surface area contributed by atoms with Gasteiger partial charge in [-0.25, -0.2) is 0 Å². The molecule has 0 atom stereocenters. The number of aryl methyl sites for hydroxylation is 2. The van der Waals surface area contributed by atoms with Crippen LogP contribution in [0.3, 0.4) is 0 Å². The molecule has 31 heavy (non-hydrogen) atoms. The Morgan fingerprint density at radius 3 is 2.16 bits per heavy atom. The smallest absolute Gasteiger partial charge is 0.0626 e. The molecule has 0 heterocycles. The van der Waals surface area contributed by atoms with Crippen molar-refractivity contribution < 1.29 is 0 Å². The molecule has 4 aromatic carbocycles. The van der Waals surface area contributed by atoms with Crippen LogP contribution in [0.15, 0.2) is 90.4 Å². The Hall–Kier alpha value is -3.71. The van der Waals surface area contributed by atoms with Crippen molar-refractivity contribution in [2.75, 3.05) is 0 Å². The van der Waals surface area contributed by atoms with Crippen molar-refractivity contribution in [2.45, 2.75) is 20.3 Å². The Labute approximate surface area is 184 Å². The lowest BCUT2D eigenvalue weighted by molar-refractivity contribution is 1.24. The third-order valence-corrected chi connectivity index (χ3v) is 6.45. The van der Waals surface area contributed by atoms with Gasteiger partial charge in [0.2, 0.25) is 0 Å². The average molecular weight is 400 g/mol. The van der Waals surface area contributed by atoms with Crippen LogP contribution in [0.2, 0.25) is 0 Å². The lowest BCUT2D eigenvalue weighted by Gasteiger charge is -2.13. The van der Waals surface area contributed by atoms with Crippen LogP contribution in [0.5, 0.6) is 0 Å². The summed E-state index contributed by atoms with van der Waals surface area (Å²) < 4.78 is 0. The van der Waals surface area contributed by atoms with Gasteiger partial charge in [-0.3, -0.25) is 4.99 Å². The number of fused-ring (bicyclic) bond motifs is 3. The molecule has 0 spiro atoms. The third kappa shape index (κ3) is 3.23. The zero-order chi connectivity index (χ0) is 21.5. The van der Waals surface area contributed by atoms with Gasteiger partial charge in [-0.2, -0.15) is 0 Å². The Balaban J connectivity index is 1.62. The summed E-state index contributed by atoms with van der Waals surface area (Å²) in [5.74, 6) is 0. The number of benzene rings is 4. The zero-order valence-electron chi connectivity index (χ0n) is 18.1. The summed E-state index contributed by atoms with van der Waals surface area (Å²) in [7, 11) is 0. The summed E-state index contributed by atoms with van der Waals surface area (Å²) in [5, 5.41) is 0. The quantitative estimate of drug-likeness (QED) is 0.273. The van der Waals surface area contributed by atoms with Gasteiger partial charge in [0, 0.05) is 5.56 Å². The van der Waals surface area contributed by atoms with Crippen LogP contribution in [-0.4, -0.2) is 6.72 Å². The van der Waals surface area contributed by atoms with E-state index in [9.17, 15) is 0 Å². The number of hydrogen-bond donors (Lipinski definition) is 0. The van der Waals surface area contributed by atoms with E-state index in [0.717, 1.165) is 17.7 Å². The van der Waals surface area contributed by atoms with Gasteiger partial charge in [-0.1, -0.05) is 73.3 Å². The van der Waals surface area contributed by atoms with Crippen molar-refractivity contribution in [1.82, 2.24) is 0 Å². The minimum atomic E-state index is 0.742. The number of rotatable bonds is 4. The molecular weight excluding hydrogens is 374 g/mol. The van der Waals surface area contributed by atoms with Crippen LogP contribution in [0.4, 0.5) is 0 Å². The molecule has 1 aliphatic carbocycles. The minimum absolute atomic E-state index is 0.742. The van der Waals surface area contributed by atoms with E-state index in [1.54, 1.807) is 0 Å². The van der Waals surface area contributed by atoms with E-state index < -0.39 is 0 Å². The molecule has 0 saturated heterocycles. The van der Waals surface area contributed by atoms with E-state index >= 15 is 0 Å². The van der Waals surface area contributed by atoms with Crippen molar-refractivity contribution in [3.05, 3.63) is 113 Å². The predicted molar refractivity (Wildman–Crippen MR) is 134 cm³/mol. The highest BCUT2D eigenvalue weighted by Gasteiger charge is 2.22. The van der Waals surface area contributed by atoms with Gasteiger partial charge in [0.05, 0.1) is 5.70 Å². The van der Waals surface area contributed by atoms with Crippen LogP contribution in [0, 0.1) is 13.8 Å². The van der Waals surface area contributed by atoms with E-state index in [1.807, 2.05) is 0 Å². The highest BCUT2D eigenvalue weighted by molar-refractivity contribution is 5.86. The lowest BCUT2D eigenvalue weighted by Crippen LogP contribution is -1.89. The molecule has 5 rings (SSSR count). The van der Waals surface area contributed by atoms with E-state index in [0.29, 0.717) is 0 Å². The minimum Gasteiger partial charge on any atom is -0.265 e. The molecule has 0 saturated carbocycles. The maximum absolute atomic E-state index is 4.07. The molecule has 1 nitrogen and oxygen atoms in total. The molecular formula is C30H25N. The first-order valence-electron chi connectivity index (χ1n) is 10.6. The summed E-state index contributed by atoms with van der Waals surface area (Å²) >= 11 is 0. The molecule has 0 aliphatic heterocycles. The molecule has 150 valence electrons. The van der Waals surface area contributed by atoms with Gasteiger partial charge in [-0.05, 0) is 94.8 Å². The maximum atomic E-state index is 4.07. The first kappa shape index (κ1) is 19.3. The van der Waals surface area contributed by atoms with Gasteiger partial charge < -0.3 is 0 Å². The second kappa shape index (κ2) is 7.52. The maximum Gasteiger partial charge on any atom is 0.0626 e. The van der Waals surface area contributed by atoms with Crippen LogP contribution >= 0.6 is 0 Å². The Morgan fingerprint density at radius 1 is 0.710 bits per heavy atom. The molecule has 0 aromatic heterocycles. The second-order valence-corrected chi connectivity index (χ2v) is 8.33. The van der Waals surface area contributed by atoms with E-state index in [2.05, 4.69) is 111 Å². The molecule has 0 radical (unpaired) electrons. The summed E-state index contributed by atoms with van der Waals surface area (Å²) in [6.45, 7) is 12.1. The SMILES string of the molecule is C=NC(=C)c1cccc2c1Cc1ccc(-c3ccc(C)c(-c4ccccc4C)c3)cc1-2. The van der Waals surface area contributed by atoms with E-state index in [-0.39, 0.29) is 0 Å². The van der Waals surface area contributed by atoms with Crippen LogP contribution in [0.25, 0.3) is 39.1 Å². The van der Waals surface area contributed by atoms with Crippen LogP contribution < -0.4 is 0 Å². The number of aliphatic imine (C=N–C) groups is 1. The zero-order valence-corrected chi connectivity index (χ0v) is 18.1. The number of nitrogens with zero attached hydrogens (tertiary/aromatic N) is 1. The Kier molecular flexibility index (Phi) is 4.67. The fourth-order valence-corrected chi connectivity index (χ4v) is 4.70. The molecule has 0 bridgehead atoms. The molecule has 4 aromatic rings. The van der Waals surface area contributed by atoms with Crippen molar-refractivity contribution in [3.63, 3.8) is 0 Å². The predicted octanol–water partition coefficient (Wildman–Crippen LogP) is 7.88. The topological polar surface area (TPSA) is 12.4 Å². The van der Waals surface area contributed by atoms with Crippen LogP contribution in [0.1, 0.15) is 27.8 Å². The van der Waals surface area contributed by atoms with Gasteiger partial charge in [0.25, 0.3) is 0 Å². The van der Waals surface area contributed by atoms with Gasteiger partial charge in [-0.15, -0.1) is 0 Å². The highest BCUT2D eigenvalue weighted by Crippen LogP contribution is 2.42. The monoisotopic (exact) mass is 399 g/mol. The highest BCUT2D eigenvalue weighted by atomic mass is 14.7. The number of hydrogen-bond acceptors (Lipinski definition) is 1. The summed E-state index contributed by atoms with van der Waals surface area (Å²) in [6.07, 6.45) is 0.915. The van der Waals surface area contributed by atoms with E-state index in [4.69, 9.17) is 0 Å². The average Bonchev–Trinajstić information content (AvgIpc) is 3.17. The molecule has 0 fully saturated rings. The molecule has 0 unspecified atom stereocenters. The van der Waals surface area contributed by atoms with E-state index in [1.165, 1.54) is 55.6 Å². The Morgan fingerprint density at radius 2 is 1.39 bits per heavy atom. The third-order valence-electron chi connectivity index (χ3n) is 6.45. The van der Waals surface area contributed by atoms with Crippen LogP contribution in [-0.2, 0) is 6.42 Å². The first-order valence-corrected chi connectivity index (χ1v) is 10.6. The van der Waals surface area contributed by atoms with Crippen molar-refractivity contribution >= 4 is 12.4 Å². The fourth-order valence-electron chi connectivity index (χ4n) is 4.70. The summed E-state index contributed by atoms with van der Waals surface area (Å²) in [4.78, 5) is 4.07. The lowest BCUT2D eigenvalue weighted by atomic mass is 9.92. The molecule has 1 heteroatoms. The normalized spacial score (nSPS) is 11.7. The molecule has 0 amide bonds. The van der Waals surface area contributed by atoms with Gasteiger partial charge in [0.1, 0.15) is 0 Å². The summed E-state index contributed by atoms with van der Waals surface area (Å²) in [5.41, 5.74) is 14.8. The summed E-state index contributed by atoms with van der Waals surface area (Å²) in [6, 6.07) is 28.6. The standard InChI is InChI=1S/C30H25N/c1-19-8-5-6-9-25(19)28-16-22(13-12-20(28)2)23-14-15-24-18-30-26(21(3)31-4)10-7-11-27(30)29(24)17-23/h5-17H,3-4,18H2,1-2H3. The molecule has 1 aliphatic rings. The largest absolute Gasteiger partial charge is 0.265 e. The van der Waals surface area contributed by atoms with Crippen molar-refractivity contribution in [3.8, 4) is 33.4 Å². The van der Waals surface area contributed by atoms with Crippen molar-refractivity contribution in [2.24, 2.45) is 4.99 Å². The Bertz CT molecular complexity index is 1360. The van der Waals surface area contributed by atoms with Gasteiger partial charge in [0.15, 0.2) is 0 Å². The van der Waals surface area contributed by atoms with Crippen molar-refractivity contribution in [1.29, 1.82) is 0 Å².